The van der Waals surface area contributed by atoms with E-state index in [0.29, 0.717) is 10.2 Å². The molecule has 0 spiro atoms. The van der Waals surface area contributed by atoms with Crippen LogP contribution < -0.4 is 10.5 Å². The van der Waals surface area contributed by atoms with E-state index in [1.54, 1.807) is 18.2 Å². The zero-order valence-electron chi connectivity index (χ0n) is 11.7. The Labute approximate surface area is 131 Å². The lowest BCUT2D eigenvalue weighted by molar-refractivity contribution is -0.385. The van der Waals surface area contributed by atoms with Gasteiger partial charge in [-0.05, 0) is 59.1 Å². The van der Waals surface area contributed by atoms with Crippen LogP contribution in [0.25, 0.3) is 0 Å². The van der Waals surface area contributed by atoms with Crippen molar-refractivity contribution in [3.8, 4) is 11.5 Å². The summed E-state index contributed by atoms with van der Waals surface area (Å²) in [6.07, 6.45) is 0. The zero-order chi connectivity index (χ0) is 15.6. The van der Waals surface area contributed by atoms with E-state index < -0.39 is 4.92 Å². The predicted molar refractivity (Wildman–Crippen MR) is 84.7 cm³/mol. The van der Waals surface area contributed by atoms with Crippen LogP contribution in [0, 0.1) is 17.0 Å². The normalized spacial score (nSPS) is 12.0. The summed E-state index contributed by atoms with van der Waals surface area (Å²) < 4.78 is 6.39. The fourth-order valence-electron chi connectivity index (χ4n) is 1.86. The molecular formula is C15H15BrN2O3. The van der Waals surface area contributed by atoms with Crippen molar-refractivity contribution in [3.05, 3.63) is 62.1 Å². The second kappa shape index (κ2) is 6.24. The molecule has 0 aliphatic rings. The van der Waals surface area contributed by atoms with E-state index in [9.17, 15) is 10.1 Å². The third-order valence-corrected chi connectivity index (χ3v) is 3.63. The summed E-state index contributed by atoms with van der Waals surface area (Å²) >= 11 is 3.40. The van der Waals surface area contributed by atoms with Gasteiger partial charge in [-0.3, -0.25) is 10.1 Å². The Hall–Kier alpha value is -1.92. The van der Waals surface area contributed by atoms with E-state index in [-0.39, 0.29) is 17.5 Å². The topological polar surface area (TPSA) is 78.4 Å². The molecule has 2 rings (SSSR count). The minimum absolute atomic E-state index is 0.0660. The number of nitrogens with zero attached hydrogens (tertiary/aromatic N) is 1. The van der Waals surface area contributed by atoms with Gasteiger partial charge in [0.25, 0.3) is 0 Å². The van der Waals surface area contributed by atoms with E-state index in [1.807, 2.05) is 26.0 Å². The van der Waals surface area contributed by atoms with Crippen LogP contribution in [-0.4, -0.2) is 4.92 Å². The van der Waals surface area contributed by atoms with Crippen LogP contribution in [0.1, 0.15) is 24.1 Å². The van der Waals surface area contributed by atoms with Gasteiger partial charge in [-0.15, -0.1) is 0 Å². The third kappa shape index (κ3) is 3.59. The van der Waals surface area contributed by atoms with Gasteiger partial charge in [0.1, 0.15) is 5.75 Å². The minimum Gasteiger partial charge on any atom is -0.449 e. The van der Waals surface area contributed by atoms with Crippen molar-refractivity contribution in [1.29, 1.82) is 0 Å². The summed E-state index contributed by atoms with van der Waals surface area (Å²) in [6, 6.07) is 10.1. The first-order valence-corrected chi connectivity index (χ1v) is 7.15. The molecule has 0 aliphatic carbocycles. The van der Waals surface area contributed by atoms with Gasteiger partial charge in [-0.25, -0.2) is 0 Å². The zero-order valence-corrected chi connectivity index (χ0v) is 13.3. The fourth-order valence-corrected chi connectivity index (χ4v) is 2.33. The summed E-state index contributed by atoms with van der Waals surface area (Å²) in [5.41, 5.74) is 7.59. The number of nitrogens with two attached hydrogens (primary N) is 1. The number of benzene rings is 2. The van der Waals surface area contributed by atoms with Crippen LogP contribution >= 0.6 is 15.9 Å². The second-order valence-electron chi connectivity index (χ2n) is 4.81. The highest BCUT2D eigenvalue weighted by Gasteiger charge is 2.17. The molecule has 2 aromatic carbocycles. The number of nitro benzene ring substituents is 1. The molecule has 1 unspecified atom stereocenters. The lowest BCUT2D eigenvalue weighted by Gasteiger charge is -2.11. The molecule has 110 valence electrons. The SMILES string of the molecule is Cc1ccc([N+](=O)[O-])c(Oc2ccc(C(C)N)cc2Br)c1. The molecule has 1 atom stereocenters. The molecule has 0 aromatic heterocycles. The Morgan fingerprint density at radius 3 is 2.52 bits per heavy atom. The van der Waals surface area contributed by atoms with Crippen molar-refractivity contribution in [2.45, 2.75) is 19.9 Å². The maximum absolute atomic E-state index is 11.0. The molecular weight excluding hydrogens is 336 g/mol. The predicted octanol–water partition coefficient (Wildman–Crippen LogP) is 4.48. The number of nitro groups is 1. The fraction of sp³-hybridized carbons (Fsp3) is 0.200. The lowest BCUT2D eigenvalue weighted by atomic mass is 10.1. The molecule has 6 heteroatoms. The minimum atomic E-state index is -0.459. The standard InChI is InChI=1S/C15H15BrN2O3/c1-9-3-5-13(18(19)20)15(7-9)21-14-6-4-11(10(2)17)8-12(14)16/h3-8,10H,17H2,1-2H3. The van der Waals surface area contributed by atoms with E-state index in [2.05, 4.69) is 15.9 Å². The quantitative estimate of drug-likeness (QED) is 0.651. The average Bonchev–Trinajstić information content (AvgIpc) is 2.40. The van der Waals surface area contributed by atoms with Gasteiger partial charge in [-0.2, -0.15) is 0 Å². The Bertz CT molecular complexity index is 687. The molecule has 0 saturated heterocycles. The molecule has 0 radical (unpaired) electrons. The molecule has 0 aliphatic heterocycles. The van der Waals surface area contributed by atoms with E-state index in [1.165, 1.54) is 6.07 Å². The van der Waals surface area contributed by atoms with Crippen LogP contribution in [0.3, 0.4) is 0 Å². The van der Waals surface area contributed by atoms with Gasteiger partial charge < -0.3 is 10.5 Å². The van der Waals surface area contributed by atoms with Gasteiger partial charge in [0.15, 0.2) is 0 Å². The third-order valence-electron chi connectivity index (χ3n) is 3.01. The molecule has 5 nitrogen and oxygen atoms in total. The molecule has 0 saturated carbocycles. The molecule has 0 bridgehead atoms. The first-order valence-electron chi connectivity index (χ1n) is 6.36. The lowest BCUT2D eigenvalue weighted by Crippen LogP contribution is -2.04. The van der Waals surface area contributed by atoms with Gasteiger partial charge in [0.05, 0.1) is 9.40 Å². The highest BCUT2D eigenvalue weighted by Crippen LogP contribution is 2.36. The Morgan fingerprint density at radius 1 is 1.24 bits per heavy atom. The molecule has 21 heavy (non-hydrogen) atoms. The molecule has 0 amide bonds. The summed E-state index contributed by atoms with van der Waals surface area (Å²) in [4.78, 5) is 10.6. The van der Waals surface area contributed by atoms with Gasteiger partial charge in [0, 0.05) is 12.1 Å². The summed E-state index contributed by atoms with van der Waals surface area (Å²) in [5.74, 6) is 0.724. The van der Waals surface area contributed by atoms with Gasteiger partial charge in [-0.1, -0.05) is 12.1 Å². The molecule has 2 N–H and O–H groups in total. The Kier molecular flexibility index (Phi) is 4.59. The van der Waals surface area contributed by atoms with E-state index in [4.69, 9.17) is 10.5 Å². The molecule has 2 aromatic rings. The smallest absolute Gasteiger partial charge is 0.311 e. The van der Waals surface area contributed by atoms with Crippen molar-refractivity contribution >= 4 is 21.6 Å². The summed E-state index contributed by atoms with van der Waals surface area (Å²) in [6.45, 7) is 3.73. The monoisotopic (exact) mass is 350 g/mol. The first-order chi connectivity index (χ1) is 9.88. The second-order valence-corrected chi connectivity index (χ2v) is 5.66. The maximum atomic E-state index is 11.0. The van der Waals surface area contributed by atoms with Crippen LogP contribution in [-0.2, 0) is 0 Å². The highest BCUT2D eigenvalue weighted by atomic mass is 79.9. The van der Waals surface area contributed by atoms with Crippen molar-refractivity contribution in [2.24, 2.45) is 5.73 Å². The van der Waals surface area contributed by atoms with Gasteiger partial charge >= 0.3 is 5.69 Å². The number of halogens is 1. The van der Waals surface area contributed by atoms with E-state index >= 15 is 0 Å². The average molecular weight is 351 g/mol. The number of aryl methyl sites for hydroxylation is 1. The number of hydrogen-bond acceptors (Lipinski definition) is 4. The highest BCUT2D eigenvalue weighted by molar-refractivity contribution is 9.10. The van der Waals surface area contributed by atoms with Crippen molar-refractivity contribution in [1.82, 2.24) is 0 Å². The Morgan fingerprint density at radius 2 is 1.95 bits per heavy atom. The molecule has 0 heterocycles. The van der Waals surface area contributed by atoms with Crippen molar-refractivity contribution in [3.63, 3.8) is 0 Å². The van der Waals surface area contributed by atoms with Crippen LogP contribution in [0.15, 0.2) is 40.9 Å². The number of ether oxygens (including phenoxy) is 1. The summed E-state index contributed by atoms with van der Waals surface area (Å²) in [7, 11) is 0. The van der Waals surface area contributed by atoms with Crippen molar-refractivity contribution < 1.29 is 9.66 Å². The number of hydrogen-bond donors (Lipinski definition) is 1. The van der Waals surface area contributed by atoms with Crippen LogP contribution in [0.5, 0.6) is 11.5 Å². The number of rotatable bonds is 4. The van der Waals surface area contributed by atoms with Gasteiger partial charge in [0.2, 0.25) is 5.75 Å². The Balaban J connectivity index is 2.38. The van der Waals surface area contributed by atoms with Crippen LogP contribution in [0.4, 0.5) is 5.69 Å². The largest absolute Gasteiger partial charge is 0.449 e. The summed E-state index contributed by atoms with van der Waals surface area (Å²) in [5, 5.41) is 11.0. The van der Waals surface area contributed by atoms with Crippen molar-refractivity contribution in [2.75, 3.05) is 0 Å². The van der Waals surface area contributed by atoms with E-state index in [0.717, 1.165) is 11.1 Å². The first kappa shape index (κ1) is 15.5. The van der Waals surface area contributed by atoms with Crippen LogP contribution in [0.2, 0.25) is 0 Å². The molecule has 0 fully saturated rings. The maximum Gasteiger partial charge on any atom is 0.311 e.